The molecule has 4 aromatic heterocycles. The second-order valence-corrected chi connectivity index (χ2v) is 30.7. The maximum Gasteiger partial charge on any atom is 0.494 e. The third-order valence-corrected chi connectivity index (χ3v) is 22.7. The molecule has 21 rings (SSSR count). The third kappa shape index (κ3) is 14.1. The van der Waals surface area contributed by atoms with E-state index < -0.39 is 18.3 Å². The van der Waals surface area contributed by atoms with E-state index in [4.69, 9.17) is 34.2 Å². The molecular weight excluding hydrogens is 1470 g/mol. The monoisotopic (exact) mass is 1540 g/mol. The molecule has 0 saturated carbocycles. The van der Waals surface area contributed by atoms with Crippen LogP contribution in [0, 0.1) is 0 Å². The second-order valence-electron chi connectivity index (χ2n) is 29.9. The lowest BCUT2D eigenvalue weighted by Crippen LogP contribution is -2.41. The zero-order valence-corrected chi connectivity index (χ0v) is 64.8. The predicted octanol–water partition coefficient (Wildman–Crippen LogP) is 27.4. The van der Waals surface area contributed by atoms with Gasteiger partial charge in [-0.15, -0.1) is 0 Å². The van der Waals surface area contributed by atoms with E-state index >= 15 is 0 Å². The topological polar surface area (TPSA) is 95.8 Å². The summed E-state index contributed by atoms with van der Waals surface area (Å²) in [5, 5.41) is 17.0. The molecule has 0 atom stereocenters. The Balaban J connectivity index is 0.000000127. The van der Waals surface area contributed by atoms with Gasteiger partial charge >= 0.3 is 7.12 Å². The molecule has 0 radical (unpaired) electrons. The van der Waals surface area contributed by atoms with Crippen LogP contribution < -0.4 is 5.46 Å². The van der Waals surface area contributed by atoms with Crippen LogP contribution in [-0.4, -0.2) is 48.2 Å². The van der Waals surface area contributed by atoms with Crippen molar-refractivity contribution >= 4 is 115 Å². The van der Waals surface area contributed by atoms with Crippen LogP contribution >= 0.6 is 15.9 Å². The molecule has 1 aliphatic rings. The molecule has 0 bridgehead atoms. The first-order valence-electron chi connectivity index (χ1n) is 38.6. The zero-order valence-electron chi connectivity index (χ0n) is 63.3. The fraction of sp³-hybridized carbons (Fsp3) is 0.0667. The van der Waals surface area contributed by atoms with Gasteiger partial charge in [0.2, 0.25) is 0 Å². The minimum absolute atomic E-state index is 0. The Bertz CT molecular complexity index is 7040. The number of aromatic nitrogens is 6. The van der Waals surface area contributed by atoms with Gasteiger partial charge < -0.3 is 9.31 Å². The van der Waals surface area contributed by atoms with Crippen molar-refractivity contribution in [2.75, 3.05) is 0 Å². The van der Waals surface area contributed by atoms with Crippen molar-refractivity contribution < 1.29 is 9.31 Å². The van der Waals surface area contributed by atoms with E-state index in [1.54, 1.807) is 0 Å². The quantitative estimate of drug-likeness (QED) is 0.0759. The molecule has 0 unspecified atom stereocenters. The molecule has 550 valence electrons. The SMILES string of the molecule is Brc1cc(-c2ccc(-c3ccccc3)cc2)nc(-c2ccccc2)n1.C.CC1(C)OB(c2cccc(-c3nc4ccccc4c4c5ccccc5c5ccccc5c34)c2)OC1(C)C.c1ccc(-c2ccc(-c3cc(-c4cccc(-c5nc6ccccc6c6c7ccccc7c7ccccc7c56)c4)nc(-c4ccccc4)n3)cc2)cc1. The van der Waals surface area contributed by atoms with Crippen LogP contribution in [-0.2, 0) is 9.31 Å². The predicted molar refractivity (Wildman–Crippen MR) is 485 cm³/mol. The number of rotatable bonds is 10. The van der Waals surface area contributed by atoms with Crippen LogP contribution in [0.25, 0.3) is 188 Å². The molecule has 0 amide bonds. The molecule has 8 nitrogen and oxygen atoms in total. The van der Waals surface area contributed by atoms with Crippen LogP contribution in [0.5, 0.6) is 0 Å². The first-order valence-corrected chi connectivity index (χ1v) is 39.4. The summed E-state index contributed by atoms with van der Waals surface area (Å²) in [6, 6.07) is 131. The van der Waals surface area contributed by atoms with Crippen LogP contribution in [0.1, 0.15) is 35.1 Å². The van der Waals surface area contributed by atoms with Gasteiger partial charge in [-0.2, -0.15) is 0 Å². The fourth-order valence-electron chi connectivity index (χ4n) is 16.0. The van der Waals surface area contributed by atoms with E-state index in [-0.39, 0.29) is 7.43 Å². The van der Waals surface area contributed by atoms with Gasteiger partial charge in [0, 0.05) is 71.3 Å². The Morgan fingerprint density at radius 1 is 0.235 bits per heavy atom. The molecule has 20 aromatic rings. The average molecular weight is 1550 g/mol. The Kier molecular flexibility index (Phi) is 19.6. The summed E-state index contributed by atoms with van der Waals surface area (Å²) < 4.78 is 13.5. The van der Waals surface area contributed by atoms with Gasteiger partial charge in [-0.25, -0.2) is 29.9 Å². The Hall–Kier alpha value is -13.5. The van der Waals surface area contributed by atoms with Gasteiger partial charge in [0.25, 0.3) is 0 Å². The summed E-state index contributed by atoms with van der Waals surface area (Å²) in [5.41, 5.74) is 18.7. The summed E-state index contributed by atoms with van der Waals surface area (Å²) in [4.78, 5) is 30.2. The largest absolute Gasteiger partial charge is 0.494 e. The Morgan fingerprint density at radius 3 is 0.957 bits per heavy atom. The summed E-state index contributed by atoms with van der Waals surface area (Å²) in [5.74, 6) is 1.41. The van der Waals surface area contributed by atoms with Gasteiger partial charge in [0.15, 0.2) is 11.6 Å². The van der Waals surface area contributed by atoms with Crippen molar-refractivity contribution in [3.8, 4) is 101 Å². The highest BCUT2D eigenvalue weighted by Gasteiger charge is 2.52. The smallest absolute Gasteiger partial charge is 0.399 e. The number of benzene rings is 16. The molecule has 1 fully saturated rings. The number of fused-ring (bicyclic) bond motifs is 16. The van der Waals surface area contributed by atoms with E-state index in [9.17, 15) is 0 Å². The van der Waals surface area contributed by atoms with Gasteiger partial charge in [0.1, 0.15) is 4.60 Å². The normalized spacial score (nSPS) is 12.9. The second kappa shape index (κ2) is 30.9. The number of pyridine rings is 2. The maximum atomic E-state index is 6.38. The molecule has 1 saturated heterocycles. The fourth-order valence-corrected chi connectivity index (χ4v) is 16.4. The van der Waals surface area contributed by atoms with Crippen molar-refractivity contribution in [2.24, 2.45) is 0 Å². The minimum atomic E-state index is -0.422. The molecule has 0 N–H and O–H groups in total. The van der Waals surface area contributed by atoms with Gasteiger partial charge in [0.05, 0.1) is 50.7 Å². The number of hydrogen-bond donors (Lipinski definition) is 0. The van der Waals surface area contributed by atoms with E-state index in [1.165, 1.54) is 86.9 Å². The van der Waals surface area contributed by atoms with E-state index in [0.29, 0.717) is 5.82 Å². The van der Waals surface area contributed by atoms with Crippen molar-refractivity contribution in [3.63, 3.8) is 0 Å². The third-order valence-electron chi connectivity index (χ3n) is 22.3. The molecular formula is C105H78BBrN6O2. The summed E-state index contributed by atoms with van der Waals surface area (Å²) in [6.07, 6.45) is 0. The molecule has 10 heteroatoms. The summed E-state index contributed by atoms with van der Waals surface area (Å²) in [6.45, 7) is 8.36. The summed E-state index contributed by atoms with van der Waals surface area (Å²) >= 11 is 3.51. The molecule has 5 heterocycles. The molecule has 0 spiro atoms. The van der Waals surface area contributed by atoms with E-state index in [0.717, 1.165) is 105 Å². The van der Waals surface area contributed by atoms with Crippen molar-refractivity contribution in [2.45, 2.75) is 46.3 Å². The van der Waals surface area contributed by atoms with Gasteiger partial charge in [-0.05, 0) is 145 Å². The van der Waals surface area contributed by atoms with Crippen LogP contribution in [0.2, 0.25) is 0 Å². The number of nitrogens with zero attached hydrogens (tertiary/aromatic N) is 6. The lowest BCUT2D eigenvalue weighted by atomic mass is 9.78. The Labute approximate surface area is 677 Å². The van der Waals surface area contributed by atoms with Crippen LogP contribution in [0.15, 0.2) is 381 Å². The van der Waals surface area contributed by atoms with E-state index in [1.807, 2.05) is 66.7 Å². The van der Waals surface area contributed by atoms with Gasteiger partial charge in [-0.3, -0.25) is 0 Å². The molecule has 0 aliphatic carbocycles. The Morgan fingerprint density at radius 2 is 0.530 bits per heavy atom. The molecule has 1 aliphatic heterocycles. The first-order chi connectivity index (χ1) is 55.9. The highest BCUT2D eigenvalue weighted by molar-refractivity contribution is 9.10. The lowest BCUT2D eigenvalue weighted by molar-refractivity contribution is 0.00578. The average Bonchev–Trinajstić information content (AvgIpc) is 0.862. The highest BCUT2D eigenvalue weighted by atomic mass is 79.9. The van der Waals surface area contributed by atoms with Gasteiger partial charge in [-0.1, -0.05) is 353 Å². The van der Waals surface area contributed by atoms with E-state index in [2.05, 4.69) is 358 Å². The molecule has 16 aromatic carbocycles. The number of para-hydroxylation sites is 2. The van der Waals surface area contributed by atoms with Crippen molar-refractivity contribution in [3.05, 3.63) is 381 Å². The van der Waals surface area contributed by atoms with Crippen LogP contribution in [0.3, 0.4) is 0 Å². The lowest BCUT2D eigenvalue weighted by Gasteiger charge is -2.32. The van der Waals surface area contributed by atoms with Crippen molar-refractivity contribution in [1.82, 2.24) is 29.9 Å². The maximum absolute atomic E-state index is 6.38. The number of halogens is 1. The summed E-state index contributed by atoms with van der Waals surface area (Å²) in [7, 11) is -0.422. The molecule has 115 heavy (non-hydrogen) atoms. The standard InChI is InChI=1S/C49H31N3.C33H28BNO2.C22H15BrN2.CH4/c1-3-14-32(15-4-1)33-26-28-34(29-27-33)44-31-45(52-49(51-44)35-16-5-2-6-17-35)36-18-13-19-37(30-36)48-47-41-23-10-8-21-39(41)38-20-7-9-22-40(38)46(47)42-24-11-12-25-43(42)50-48;1-32(2)33(3,4)37-34(36-32)22-13-11-12-21(20-22)31-30-26-17-8-6-15-24(26)23-14-5-7-16-25(23)29(30)27-18-9-10-19-28(27)35-31;23-21-15-20(24-22(25-21)19-9-5-2-6-10-19)18-13-11-17(12-14-18)16-7-3-1-4-8-16;/h1-31H;5-20H,1-4H3;1-15H;1H4. The first kappa shape index (κ1) is 73.0. The minimum Gasteiger partial charge on any atom is -0.399 e. The highest BCUT2D eigenvalue weighted by Crippen LogP contribution is 2.46. The number of hydrogen-bond acceptors (Lipinski definition) is 8. The zero-order chi connectivity index (χ0) is 76.9. The van der Waals surface area contributed by atoms with Crippen molar-refractivity contribution in [1.29, 1.82) is 0 Å². The van der Waals surface area contributed by atoms with Crippen LogP contribution in [0.4, 0.5) is 0 Å².